The lowest BCUT2D eigenvalue weighted by Crippen LogP contribution is -2.29. The molecule has 0 aliphatic heterocycles. The first-order valence-corrected chi connectivity index (χ1v) is 13.4. The van der Waals surface area contributed by atoms with Gasteiger partial charge >= 0.3 is 6.36 Å². The van der Waals surface area contributed by atoms with Crippen molar-refractivity contribution >= 4 is 34.4 Å². The van der Waals surface area contributed by atoms with Gasteiger partial charge in [0.2, 0.25) is 0 Å². The molecule has 3 aromatic carbocycles. The number of ether oxygens (including phenoxy) is 1. The van der Waals surface area contributed by atoms with Crippen LogP contribution in [-0.4, -0.2) is 56.4 Å². The highest BCUT2D eigenvalue weighted by Crippen LogP contribution is 2.29. The minimum absolute atomic E-state index is 0.0674. The highest BCUT2D eigenvalue weighted by atomic mass is 19.4. The highest BCUT2D eigenvalue weighted by Gasteiger charge is 2.31. The second kappa shape index (κ2) is 13.2. The zero-order valence-electron chi connectivity index (χ0n) is 24.1. The molecule has 0 saturated heterocycles. The fourth-order valence-electron chi connectivity index (χ4n) is 4.35. The van der Waals surface area contributed by atoms with Crippen LogP contribution >= 0.6 is 0 Å². The number of anilines is 2. The van der Waals surface area contributed by atoms with Gasteiger partial charge in [-0.1, -0.05) is 18.2 Å². The number of aryl methyl sites for hydroxylation is 1. The van der Waals surface area contributed by atoms with Crippen LogP contribution in [0.3, 0.4) is 0 Å². The molecule has 226 valence electrons. The van der Waals surface area contributed by atoms with Gasteiger partial charge in [0.1, 0.15) is 11.6 Å². The summed E-state index contributed by atoms with van der Waals surface area (Å²) in [6, 6.07) is 15.8. The average molecular weight is 599 g/mol. The third-order valence-electron chi connectivity index (χ3n) is 6.69. The van der Waals surface area contributed by atoms with Gasteiger partial charge in [-0.15, -0.1) is 13.2 Å². The molecule has 0 aliphatic rings. The number of benzene rings is 3. The van der Waals surface area contributed by atoms with E-state index in [2.05, 4.69) is 14.5 Å². The van der Waals surface area contributed by atoms with E-state index in [1.165, 1.54) is 35.3 Å². The first kappa shape index (κ1) is 31.4. The Labute approximate surface area is 246 Å². The van der Waals surface area contributed by atoms with Crippen LogP contribution in [0.1, 0.15) is 16.7 Å². The SMILES string of the molecule is Cc1cc(N(C)CCN(C)C)nc2ccc(N(Cc3ccc(F)c(F)c3)C(=O)C=Cc3ccc(OC(F)(F)F)cc3)cc12. The van der Waals surface area contributed by atoms with Crippen molar-refractivity contribution < 1.29 is 31.5 Å². The van der Waals surface area contributed by atoms with Gasteiger partial charge in [0.25, 0.3) is 5.91 Å². The molecule has 0 fully saturated rings. The number of carbonyl (C=O) groups excluding carboxylic acids is 1. The number of fused-ring (bicyclic) bond motifs is 1. The molecule has 43 heavy (non-hydrogen) atoms. The zero-order chi connectivity index (χ0) is 31.3. The normalized spacial score (nSPS) is 11.9. The van der Waals surface area contributed by atoms with Crippen molar-refractivity contribution in [1.29, 1.82) is 0 Å². The Balaban J connectivity index is 1.65. The first-order valence-electron chi connectivity index (χ1n) is 13.4. The number of hydrogen-bond acceptors (Lipinski definition) is 5. The number of alkyl halides is 3. The Kier molecular flexibility index (Phi) is 9.65. The van der Waals surface area contributed by atoms with E-state index in [1.807, 2.05) is 40.2 Å². The second-order valence-corrected chi connectivity index (χ2v) is 10.3. The van der Waals surface area contributed by atoms with E-state index in [9.17, 15) is 26.7 Å². The summed E-state index contributed by atoms with van der Waals surface area (Å²) in [6.45, 7) is 3.52. The van der Waals surface area contributed by atoms with Crippen LogP contribution in [0.25, 0.3) is 17.0 Å². The van der Waals surface area contributed by atoms with E-state index in [0.717, 1.165) is 59.6 Å². The summed E-state index contributed by atoms with van der Waals surface area (Å²) in [5.41, 5.74) is 2.99. The maximum atomic E-state index is 14.0. The summed E-state index contributed by atoms with van der Waals surface area (Å²) in [6.07, 6.45) is -2.11. The number of likely N-dealkylation sites (N-methyl/N-ethyl adjacent to an activating group) is 2. The minimum atomic E-state index is -4.81. The van der Waals surface area contributed by atoms with Gasteiger partial charge in [-0.25, -0.2) is 13.8 Å². The number of nitrogens with zero attached hydrogens (tertiary/aromatic N) is 4. The van der Waals surface area contributed by atoms with Crippen molar-refractivity contribution in [2.75, 3.05) is 44.0 Å². The van der Waals surface area contributed by atoms with Gasteiger partial charge in [0.05, 0.1) is 12.1 Å². The fraction of sp³-hybridized carbons (Fsp3) is 0.250. The average Bonchev–Trinajstić information content (AvgIpc) is 2.95. The second-order valence-electron chi connectivity index (χ2n) is 10.3. The predicted molar refractivity (Wildman–Crippen MR) is 158 cm³/mol. The van der Waals surface area contributed by atoms with Gasteiger partial charge in [-0.05, 0) is 92.3 Å². The predicted octanol–water partition coefficient (Wildman–Crippen LogP) is 6.96. The fourth-order valence-corrected chi connectivity index (χ4v) is 4.35. The Morgan fingerprint density at radius 3 is 2.28 bits per heavy atom. The molecular formula is C32H31F5N4O2. The third kappa shape index (κ3) is 8.51. The number of hydrogen-bond donors (Lipinski definition) is 0. The van der Waals surface area contributed by atoms with E-state index >= 15 is 0 Å². The van der Waals surface area contributed by atoms with Gasteiger partial charge in [-0.3, -0.25) is 4.79 Å². The number of aromatic nitrogens is 1. The molecule has 1 heterocycles. The third-order valence-corrected chi connectivity index (χ3v) is 6.69. The van der Waals surface area contributed by atoms with Crippen molar-refractivity contribution in [1.82, 2.24) is 9.88 Å². The lowest BCUT2D eigenvalue weighted by atomic mass is 10.1. The highest BCUT2D eigenvalue weighted by molar-refractivity contribution is 6.05. The molecule has 1 amide bonds. The summed E-state index contributed by atoms with van der Waals surface area (Å²) in [7, 11) is 5.97. The Bertz CT molecular complexity index is 1620. The Morgan fingerprint density at radius 1 is 0.907 bits per heavy atom. The van der Waals surface area contributed by atoms with Crippen LogP contribution in [0.15, 0.2) is 72.8 Å². The molecule has 0 radical (unpaired) electrons. The van der Waals surface area contributed by atoms with Gasteiger partial charge in [0, 0.05) is 37.3 Å². The monoisotopic (exact) mass is 598 g/mol. The molecule has 4 aromatic rings. The minimum Gasteiger partial charge on any atom is -0.406 e. The van der Waals surface area contributed by atoms with Crippen LogP contribution < -0.4 is 14.5 Å². The van der Waals surface area contributed by atoms with Gasteiger partial charge in [0.15, 0.2) is 11.6 Å². The van der Waals surface area contributed by atoms with E-state index in [1.54, 1.807) is 12.1 Å². The largest absolute Gasteiger partial charge is 0.573 e. The molecule has 0 N–H and O–H groups in total. The van der Waals surface area contributed by atoms with Crippen LogP contribution in [0.2, 0.25) is 0 Å². The van der Waals surface area contributed by atoms with Crippen molar-refractivity contribution in [3.8, 4) is 5.75 Å². The van der Waals surface area contributed by atoms with E-state index in [4.69, 9.17) is 4.98 Å². The lowest BCUT2D eigenvalue weighted by molar-refractivity contribution is -0.274. The molecule has 0 unspecified atom stereocenters. The number of amides is 1. The number of halogens is 5. The topological polar surface area (TPSA) is 48.9 Å². The number of rotatable bonds is 10. The molecule has 0 bridgehead atoms. The maximum absolute atomic E-state index is 14.0. The van der Waals surface area contributed by atoms with E-state index < -0.39 is 23.9 Å². The summed E-state index contributed by atoms with van der Waals surface area (Å²) >= 11 is 0. The van der Waals surface area contributed by atoms with Crippen LogP contribution in [-0.2, 0) is 11.3 Å². The molecule has 0 saturated carbocycles. The molecule has 4 rings (SSSR count). The summed E-state index contributed by atoms with van der Waals surface area (Å²) in [5, 5.41) is 0.814. The van der Waals surface area contributed by atoms with Crippen molar-refractivity contribution in [3.05, 3.63) is 101 Å². The standard InChI is InChI=1S/C32H31F5N4O2/c1-21-17-30(40(4)16-15-39(2)3)38-29-13-9-24(19-26(21)29)41(20-23-7-12-27(33)28(34)18-23)31(42)14-8-22-5-10-25(11-6-22)43-32(35,36)37/h5-14,17-19H,15-16,20H2,1-4H3. The maximum Gasteiger partial charge on any atom is 0.573 e. The molecule has 0 spiro atoms. The Morgan fingerprint density at radius 2 is 1.63 bits per heavy atom. The van der Waals surface area contributed by atoms with Crippen molar-refractivity contribution in [2.45, 2.75) is 19.8 Å². The Hall–Kier alpha value is -4.51. The van der Waals surface area contributed by atoms with Gasteiger partial charge in [-0.2, -0.15) is 0 Å². The summed E-state index contributed by atoms with van der Waals surface area (Å²) in [5.74, 6) is -2.10. The van der Waals surface area contributed by atoms with E-state index in [0.29, 0.717) is 16.8 Å². The first-order chi connectivity index (χ1) is 20.3. The molecule has 0 aliphatic carbocycles. The summed E-state index contributed by atoms with van der Waals surface area (Å²) in [4.78, 5) is 23.8. The number of carbonyl (C=O) groups is 1. The smallest absolute Gasteiger partial charge is 0.406 e. The molecule has 0 atom stereocenters. The quantitative estimate of drug-likeness (QED) is 0.146. The molecule has 6 nitrogen and oxygen atoms in total. The molecule has 1 aromatic heterocycles. The van der Waals surface area contributed by atoms with Crippen molar-refractivity contribution in [2.24, 2.45) is 0 Å². The van der Waals surface area contributed by atoms with Crippen LogP contribution in [0.4, 0.5) is 33.5 Å². The molecular weight excluding hydrogens is 567 g/mol. The van der Waals surface area contributed by atoms with E-state index in [-0.39, 0.29) is 12.3 Å². The van der Waals surface area contributed by atoms with Gasteiger partial charge < -0.3 is 19.4 Å². The summed E-state index contributed by atoms with van der Waals surface area (Å²) < 4.78 is 68.9. The van der Waals surface area contributed by atoms with Crippen LogP contribution in [0.5, 0.6) is 5.75 Å². The zero-order valence-corrected chi connectivity index (χ0v) is 24.1. The molecule has 11 heteroatoms. The van der Waals surface area contributed by atoms with Crippen LogP contribution in [0, 0.1) is 18.6 Å². The van der Waals surface area contributed by atoms with Crippen molar-refractivity contribution in [3.63, 3.8) is 0 Å². The lowest BCUT2D eigenvalue weighted by Gasteiger charge is -2.24. The number of pyridine rings is 1.